The molecule has 0 unspecified atom stereocenters. The molecule has 0 saturated carbocycles. The highest BCUT2D eigenvalue weighted by molar-refractivity contribution is 8.22. The van der Waals surface area contributed by atoms with Gasteiger partial charge in [0, 0.05) is 24.7 Å². The number of alkyl halides is 1. The first kappa shape index (κ1) is 18.5. The van der Waals surface area contributed by atoms with Gasteiger partial charge < -0.3 is 4.90 Å². The molecular weight excluding hydrogens is 282 g/mol. The number of thioether (sulfide) groups is 1. The Morgan fingerprint density at radius 2 is 1.61 bits per heavy atom. The number of halogens is 1. The Bertz CT molecular complexity index is 208. The molecule has 0 aromatic carbocycles. The summed E-state index contributed by atoms with van der Waals surface area (Å²) in [5.74, 6) is 3.25. The van der Waals surface area contributed by atoms with E-state index in [0.717, 1.165) is 47.3 Å². The van der Waals surface area contributed by atoms with Crippen molar-refractivity contribution in [3.05, 3.63) is 0 Å². The van der Waals surface area contributed by atoms with Gasteiger partial charge in [0.2, 0.25) is 0 Å². The highest BCUT2D eigenvalue weighted by atomic mass is 35.5. The average molecular weight is 310 g/mol. The van der Waals surface area contributed by atoms with Crippen LogP contribution in [0, 0.1) is 11.8 Å². The predicted octanol–water partition coefficient (Wildman–Crippen LogP) is 5.03. The Morgan fingerprint density at radius 3 is 2.00 bits per heavy atom. The third kappa shape index (κ3) is 10.5. The number of thiocarbonyl (C=S) groups is 1. The summed E-state index contributed by atoms with van der Waals surface area (Å²) in [5, 5.41) is 0. The van der Waals surface area contributed by atoms with E-state index in [-0.39, 0.29) is 0 Å². The minimum atomic E-state index is 0.730. The Kier molecular flexibility index (Phi) is 11.7. The van der Waals surface area contributed by atoms with Crippen LogP contribution in [0.3, 0.4) is 0 Å². The summed E-state index contributed by atoms with van der Waals surface area (Å²) in [6.45, 7) is 11.3. The molecule has 0 heterocycles. The van der Waals surface area contributed by atoms with Gasteiger partial charge in [-0.2, -0.15) is 0 Å². The number of hydrogen-bond donors (Lipinski definition) is 0. The molecule has 0 amide bonds. The third-order valence-corrected chi connectivity index (χ3v) is 4.59. The van der Waals surface area contributed by atoms with Gasteiger partial charge in [0.05, 0.1) is 0 Å². The topological polar surface area (TPSA) is 3.24 Å². The molecule has 18 heavy (non-hydrogen) atoms. The fourth-order valence-electron chi connectivity index (χ4n) is 1.43. The minimum Gasteiger partial charge on any atom is -0.358 e. The van der Waals surface area contributed by atoms with Gasteiger partial charge in [-0.05, 0) is 31.1 Å². The van der Waals surface area contributed by atoms with Gasteiger partial charge in [-0.15, -0.1) is 11.6 Å². The van der Waals surface area contributed by atoms with Crippen LogP contribution >= 0.6 is 35.6 Å². The maximum atomic E-state index is 5.70. The Balaban J connectivity index is 4.11. The molecule has 0 rings (SSSR count). The summed E-state index contributed by atoms with van der Waals surface area (Å²) in [7, 11) is 0. The van der Waals surface area contributed by atoms with Gasteiger partial charge >= 0.3 is 0 Å². The first-order chi connectivity index (χ1) is 8.47. The zero-order valence-corrected chi connectivity index (χ0v) is 14.6. The summed E-state index contributed by atoms with van der Waals surface area (Å²) in [4.78, 5) is 2.38. The largest absolute Gasteiger partial charge is 0.358 e. The number of rotatable bonds is 9. The van der Waals surface area contributed by atoms with Crippen molar-refractivity contribution in [2.24, 2.45) is 11.8 Å². The van der Waals surface area contributed by atoms with E-state index < -0.39 is 0 Å². The highest BCUT2D eigenvalue weighted by Crippen LogP contribution is 2.15. The van der Waals surface area contributed by atoms with Gasteiger partial charge in [-0.1, -0.05) is 51.7 Å². The van der Waals surface area contributed by atoms with E-state index in [1.807, 2.05) is 0 Å². The van der Waals surface area contributed by atoms with Crippen molar-refractivity contribution in [3.63, 3.8) is 0 Å². The quantitative estimate of drug-likeness (QED) is 0.334. The zero-order valence-electron chi connectivity index (χ0n) is 12.2. The zero-order chi connectivity index (χ0) is 14.0. The standard InChI is InChI=1S/C14H28ClNS2/c1-12(2)6-9-16(10-7-13(3)4)14(17)18-11-5-8-15/h12-13H,5-11H2,1-4H3. The summed E-state index contributed by atoms with van der Waals surface area (Å²) >= 11 is 13.0. The summed E-state index contributed by atoms with van der Waals surface area (Å²) in [6, 6.07) is 0. The molecule has 0 aliphatic rings. The molecule has 0 fully saturated rings. The van der Waals surface area contributed by atoms with Crippen LogP contribution in [0.2, 0.25) is 0 Å². The van der Waals surface area contributed by atoms with E-state index in [1.165, 1.54) is 12.8 Å². The molecule has 0 radical (unpaired) electrons. The maximum Gasteiger partial charge on any atom is 0.136 e. The maximum absolute atomic E-state index is 5.70. The second kappa shape index (κ2) is 11.4. The molecule has 108 valence electrons. The van der Waals surface area contributed by atoms with E-state index in [4.69, 9.17) is 23.8 Å². The van der Waals surface area contributed by atoms with E-state index in [2.05, 4.69) is 32.6 Å². The van der Waals surface area contributed by atoms with Gasteiger partial charge in [-0.25, -0.2) is 0 Å². The Morgan fingerprint density at radius 1 is 1.11 bits per heavy atom. The summed E-state index contributed by atoms with van der Waals surface area (Å²) in [5.41, 5.74) is 0. The van der Waals surface area contributed by atoms with E-state index in [9.17, 15) is 0 Å². The fraction of sp³-hybridized carbons (Fsp3) is 0.929. The van der Waals surface area contributed by atoms with Crippen molar-refractivity contribution >= 4 is 39.9 Å². The van der Waals surface area contributed by atoms with Gasteiger partial charge in [0.15, 0.2) is 0 Å². The monoisotopic (exact) mass is 309 g/mol. The van der Waals surface area contributed by atoms with E-state index in [0.29, 0.717) is 0 Å². The minimum absolute atomic E-state index is 0.730. The molecule has 0 spiro atoms. The van der Waals surface area contributed by atoms with E-state index >= 15 is 0 Å². The Labute approximate surface area is 128 Å². The molecule has 1 nitrogen and oxygen atoms in total. The van der Waals surface area contributed by atoms with Crippen LogP contribution < -0.4 is 0 Å². The van der Waals surface area contributed by atoms with Crippen LogP contribution in [0.25, 0.3) is 0 Å². The van der Waals surface area contributed by atoms with Crippen molar-refractivity contribution in [3.8, 4) is 0 Å². The molecule has 0 aliphatic heterocycles. The van der Waals surface area contributed by atoms with E-state index in [1.54, 1.807) is 11.8 Å². The molecular formula is C14H28ClNS2. The van der Waals surface area contributed by atoms with Crippen molar-refractivity contribution in [1.82, 2.24) is 4.90 Å². The molecule has 0 aromatic rings. The number of nitrogens with zero attached hydrogens (tertiary/aromatic N) is 1. The third-order valence-electron chi connectivity index (χ3n) is 2.71. The Hall–Kier alpha value is 0.530. The molecule has 0 N–H and O–H groups in total. The summed E-state index contributed by atoms with van der Waals surface area (Å²) in [6.07, 6.45) is 3.47. The highest BCUT2D eigenvalue weighted by Gasteiger charge is 2.11. The number of hydrogen-bond acceptors (Lipinski definition) is 2. The lowest BCUT2D eigenvalue weighted by Gasteiger charge is -2.26. The van der Waals surface area contributed by atoms with Crippen LogP contribution in [-0.2, 0) is 0 Å². The fourth-order valence-corrected chi connectivity index (χ4v) is 2.98. The molecule has 0 aromatic heterocycles. The summed E-state index contributed by atoms with van der Waals surface area (Å²) < 4.78 is 1.06. The lowest BCUT2D eigenvalue weighted by molar-refractivity contribution is 0.363. The van der Waals surface area contributed by atoms with Crippen LogP contribution in [0.15, 0.2) is 0 Å². The molecule has 0 saturated heterocycles. The van der Waals surface area contributed by atoms with Crippen molar-refractivity contribution < 1.29 is 0 Å². The molecule has 0 atom stereocenters. The van der Waals surface area contributed by atoms with Crippen LogP contribution in [0.4, 0.5) is 0 Å². The van der Waals surface area contributed by atoms with Crippen LogP contribution in [0.1, 0.15) is 47.0 Å². The average Bonchev–Trinajstić information content (AvgIpc) is 2.28. The van der Waals surface area contributed by atoms with Crippen molar-refractivity contribution in [2.75, 3.05) is 24.7 Å². The lowest BCUT2D eigenvalue weighted by Crippen LogP contribution is -2.31. The SMILES string of the molecule is CC(C)CCN(CCC(C)C)C(=S)SCCCCl. The van der Waals surface area contributed by atoms with Crippen molar-refractivity contribution in [2.45, 2.75) is 47.0 Å². The van der Waals surface area contributed by atoms with Crippen molar-refractivity contribution in [1.29, 1.82) is 0 Å². The van der Waals surface area contributed by atoms with Gasteiger partial charge in [-0.3, -0.25) is 0 Å². The lowest BCUT2D eigenvalue weighted by atomic mass is 10.1. The second-order valence-electron chi connectivity index (χ2n) is 5.51. The van der Waals surface area contributed by atoms with Crippen LogP contribution in [0.5, 0.6) is 0 Å². The smallest absolute Gasteiger partial charge is 0.136 e. The van der Waals surface area contributed by atoms with Crippen LogP contribution in [-0.4, -0.2) is 33.9 Å². The first-order valence-electron chi connectivity index (χ1n) is 6.95. The molecule has 0 bridgehead atoms. The normalized spacial score (nSPS) is 11.3. The molecule has 4 heteroatoms. The second-order valence-corrected chi connectivity index (χ2v) is 7.62. The van der Waals surface area contributed by atoms with Gasteiger partial charge in [0.25, 0.3) is 0 Å². The predicted molar refractivity (Wildman–Crippen MR) is 90.9 cm³/mol. The van der Waals surface area contributed by atoms with Gasteiger partial charge in [0.1, 0.15) is 4.32 Å². The first-order valence-corrected chi connectivity index (χ1v) is 8.87. The molecule has 0 aliphatic carbocycles.